The molecular weight excluding hydrogens is 384 g/mol. The van der Waals surface area contributed by atoms with Gasteiger partial charge in [0.25, 0.3) is 5.91 Å². The van der Waals surface area contributed by atoms with Crippen LogP contribution in [-0.4, -0.2) is 35.9 Å². The summed E-state index contributed by atoms with van der Waals surface area (Å²) in [6.45, 7) is 5.35. The van der Waals surface area contributed by atoms with Crippen LogP contribution in [0.5, 0.6) is 5.75 Å². The third-order valence-electron chi connectivity index (χ3n) is 4.84. The zero-order valence-electron chi connectivity index (χ0n) is 17.7. The van der Waals surface area contributed by atoms with Crippen LogP contribution in [0.3, 0.4) is 0 Å². The zero-order chi connectivity index (χ0) is 21.9. The molecule has 1 aliphatic rings. The van der Waals surface area contributed by atoms with Crippen LogP contribution < -0.4 is 15.4 Å². The molecule has 0 heterocycles. The highest BCUT2D eigenvalue weighted by Crippen LogP contribution is 2.32. The van der Waals surface area contributed by atoms with Crippen molar-refractivity contribution in [3.8, 4) is 5.75 Å². The lowest BCUT2D eigenvalue weighted by Gasteiger charge is -2.32. The third-order valence-corrected chi connectivity index (χ3v) is 4.84. The highest BCUT2D eigenvalue weighted by molar-refractivity contribution is 6.04. The molecule has 160 valence electrons. The molecule has 3 rings (SSSR count). The van der Waals surface area contributed by atoms with E-state index in [9.17, 15) is 14.7 Å². The molecule has 3 N–H and O–H groups in total. The van der Waals surface area contributed by atoms with Crippen LogP contribution in [0.25, 0.3) is 0 Å². The van der Waals surface area contributed by atoms with Crippen LogP contribution in [0.4, 0.5) is 10.5 Å². The van der Waals surface area contributed by atoms with Gasteiger partial charge in [0.05, 0.1) is 19.3 Å². The standard InChI is InChI=1S/C23H28N2O5/c1-23(2,3)30-22(28)25-20-18-13-16(10-8-14(18)9-11-19(20)26)24-21(27)15-6-5-7-17(12-15)29-4/h5-8,10,12-13,19-20,26H,9,11H2,1-4H3,(H,24,27)(H,25,28)/t19-,20-/m1/s1. The number of hydrogen-bond acceptors (Lipinski definition) is 5. The van der Waals surface area contributed by atoms with Gasteiger partial charge in [0.15, 0.2) is 0 Å². The number of aryl methyl sites for hydroxylation is 1. The number of anilines is 1. The second-order valence-electron chi connectivity index (χ2n) is 8.33. The van der Waals surface area contributed by atoms with Crippen molar-refractivity contribution in [2.75, 3.05) is 12.4 Å². The molecule has 30 heavy (non-hydrogen) atoms. The number of hydrogen-bond donors (Lipinski definition) is 3. The van der Waals surface area contributed by atoms with Crippen LogP contribution in [0, 0.1) is 0 Å². The number of rotatable bonds is 4. The monoisotopic (exact) mass is 412 g/mol. The molecule has 0 unspecified atom stereocenters. The van der Waals surface area contributed by atoms with Gasteiger partial charge in [-0.3, -0.25) is 4.79 Å². The zero-order valence-corrected chi connectivity index (χ0v) is 17.7. The van der Waals surface area contributed by atoms with Crippen LogP contribution in [-0.2, 0) is 11.2 Å². The van der Waals surface area contributed by atoms with E-state index >= 15 is 0 Å². The molecule has 0 aliphatic heterocycles. The number of ether oxygens (including phenoxy) is 2. The Labute approximate surface area is 176 Å². The number of alkyl carbamates (subject to hydrolysis) is 1. The summed E-state index contributed by atoms with van der Waals surface area (Å²) >= 11 is 0. The van der Waals surface area contributed by atoms with Crippen molar-refractivity contribution in [1.82, 2.24) is 5.32 Å². The molecule has 1 aliphatic carbocycles. The molecule has 0 aromatic heterocycles. The van der Waals surface area contributed by atoms with Gasteiger partial charge in [0, 0.05) is 11.3 Å². The minimum absolute atomic E-state index is 0.276. The SMILES string of the molecule is COc1cccc(C(=O)Nc2ccc3c(c2)[C@@H](NC(=O)OC(C)(C)C)[C@H](O)CC3)c1. The van der Waals surface area contributed by atoms with Gasteiger partial charge in [-0.05, 0) is 75.1 Å². The van der Waals surface area contributed by atoms with Gasteiger partial charge >= 0.3 is 6.09 Å². The van der Waals surface area contributed by atoms with E-state index in [0.29, 0.717) is 29.8 Å². The summed E-state index contributed by atoms with van der Waals surface area (Å²) in [4.78, 5) is 24.9. The summed E-state index contributed by atoms with van der Waals surface area (Å²) in [7, 11) is 1.55. The maximum absolute atomic E-state index is 12.6. The van der Waals surface area contributed by atoms with Crippen molar-refractivity contribution in [1.29, 1.82) is 0 Å². The van der Waals surface area contributed by atoms with E-state index in [1.165, 1.54) is 0 Å². The molecule has 7 heteroatoms. The van der Waals surface area contributed by atoms with Gasteiger partial charge in [0.1, 0.15) is 11.4 Å². The summed E-state index contributed by atoms with van der Waals surface area (Å²) < 4.78 is 10.5. The number of aliphatic hydroxyl groups excluding tert-OH is 1. The number of nitrogens with one attached hydrogen (secondary N) is 2. The molecule has 0 radical (unpaired) electrons. The second kappa shape index (κ2) is 8.75. The number of methoxy groups -OCH3 is 1. The largest absolute Gasteiger partial charge is 0.497 e. The first kappa shape index (κ1) is 21.6. The van der Waals surface area contributed by atoms with Crippen molar-refractivity contribution in [3.05, 3.63) is 59.2 Å². The quantitative estimate of drug-likeness (QED) is 0.709. The van der Waals surface area contributed by atoms with Gasteiger partial charge in [-0.2, -0.15) is 0 Å². The summed E-state index contributed by atoms with van der Waals surface area (Å²) in [6.07, 6.45) is -0.115. The average molecular weight is 412 g/mol. The maximum atomic E-state index is 12.6. The van der Waals surface area contributed by atoms with Crippen LogP contribution in [0.1, 0.15) is 54.7 Å². The van der Waals surface area contributed by atoms with Crippen molar-refractivity contribution in [2.24, 2.45) is 0 Å². The summed E-state index contributed by atoms with van der Waals surface area (Å²) in [6, 6.07) is 11.8. The van der Waals surface area contributed by atoms with E-state index in [4.69, 9.17) is 9.47 Å². The van der Waals surface area contributed by atoms with Crippen molar-refractivity contribution in [2.45, 2.75) is 51.4 Å². The Balaban J connectivity index is 1.80. The predicted octanol–water partition coefficient (Wildman–Crippen LogP) is 3.82. The van der Waals surface area contributed by atoms with Gasteiger partial charge in [-0.1, -0.05) is 12.1 Å². The Morgan fingerprint density at radius 3 is 2.60 bits per heavy atom. The Hall–Kier alpha value is -3.06. The number of carbonyl (C=O) groups is 2. The first-order valence-electron chi connectivity index (χ1n) is 9.92. The smallest absolute Gasteiger partial charge is 0.408 e. The minimum atomic E-state index is -0.741. The highest BCUT2D eigenvalue weighted by atomic mass is 16.6. The van der Waals surface area contributed by atoms with E-state index in [-0.39, 0.29) is 5.91 Å². The van der Waals surface area contributed by atoms with Crippen molar-refractivity contribution in [3.63, 3.8) is 0 Å². The van der Waals surface area contributed by atoms with E-state index in [0.717, 1.165) is 11.1 Å². The number of fused-ring (bicyclic) bond motifs is 1. The van der Waals surface area contributed by atoms with Gasteiger partial charge in [-0.25, -0.2) is 4.79 Å². The molecular formula is C23H28N2O5. The summed E-state index contributed by atoms with van der Waals surface area (Å²) in [5, 5.41) is 16.1. The highest BCUT2D eigenvalue weighted by Gasteiger charge is 2.31. The molecule has 7 nitrogen and oxygen atoms in total. The number of carbonyl (C=O) groups excluding carboxylic acids is 2. The Bertz CT molecular complexity index is 935. The summed E-state index contributed by atoms with van der Waals surface area (Å²) in [5.41, 5.74) is 2.19. The molecule has 0 fully saturated rings. The van der Waals surface area contributed by atoms with Crippen molar-refractivity contribution >= 4 is 17.7 Å². The summed E-state index contributed by atoms with van der Waals surface area (Å²) in [5.74, 6) is 0.319. The topological polar surface area (TPSA) is 96.9 Å². The third kappa shape index (κ3) is 5.30. The average Bonchev–Trinajstić information content (AvgIpc) is 2.69. The minimum Gasteiger partial charge on any atom is -0.497 e. The van der Waals surface area contributed by atoms with Gasteiger partial charge in [0.2, 0.25) is 0 Å². The lowest BCUT2D eigenvalue weighted by Crippen LogP contribution is -2.41. The molecule has 0 saturated heterocycles. The van der Waals surface area contributed by atoms with Crippen LogP contribution >= 0.6 is 0 Å². The predicted molar refractivity (Wildman–Crippen MR) is 114 cm³/mol. The molecule has 2 amide bonds. The van der Waals surface area contributed by atoms with Crippen LogP contribution in [0.15, 0.2) is 42.5 Å². The van der Waals surface area contributed by atoms with Gasteiger partial charge < -0.3 is 25.2 Å². The maximum Gasteiger partial charge on any atom is 0.408 e. The van der Waals surface area contributed by atoms with E-state index in [2.05, 4.69) is 10.6 Å². The first-order chi connectivity index (χ1) is 14.2. The fourth-order valence-electron chi connectivity index (χ4n) is 3.44. The number of amides is 2. The molecule has 2 atom stereocenters. The lowest BCUT2D eigenvalue weighted by molar-refractivity contribution is 0.0399. The first-order valence-corrected chi connectivity index (χ1v) is 9.92. The molecule has 2 aromatic carbocycles. The van der Waals surface area contributed by atoms with E-state index < -0.39 is 23.8 Å². The molecule has 0 saturated carbocycles. The van der Waals surface area contributed by atoms with E-state index in [1.807, 2.05) is 12.1 Å². The Kier molecular flexibility index (Phi) is 6.31. The molecule has 0 spiro atoms. The Morgan fingerprint density at radius 2 is 1.90 bits per heavy atom. The lowest BCUT2D eigenvalue weighted by atomic mass is 9.85. The normalized spacial score (nSPS) is 18.2. The van der Waals surface area contributed by atoms with Crippen LogP contribution in [0.2, 0.25) is 0 Å². The van der Waals surface area contributed by atoms with E-state index in [1.54, 1.807) is 58.2 Å². The number of benzene rings is 2. The fraction of sp³-hybridized carbons (Fsp3) is 0.391. The molecule has 2 aromatic rings. The van der Waals surface area contributed by atoms with Gasteiger partial charge in [-0.15, -0.1) is 0 Å². The molecule has 0 bridgehead atoms. The second-order valence-corrected chi connectivity index (χ2v) is 8.33. The number of aliphatic hydroxyl groups is 1. The van der Waals surface area contributed by atoms with Crippen molar-refractivity contribution < 1.29 is 24.2 Å². The fourth-order valence-corrected chi connectivity index (χ4v) is 3.44. The Morgan fingerprint density at radius 1 is 1.13 bits per heavy atom.